The largest absolute Gasteiger partial charge is 0.492 e. The van der Waals surface area contributed by atoms with Gasteiger partial charge in [-0.15, -0.1) is 0 Å². The van der Waals surface area contributed by atoms with E-state index < -0.39 is 0 Å². The molecule has 1 aromatic rings. The highest BCUT2D eigenvalue weighted by Gasteiger charge is 2.06. The lowest BCUT2D eigenvalue weighted by Crippen LogP contribution is -2.39. The van der Waals surface area contributed by atoms with E-state index in [0.29, 0.717) is 6.61 Å². The fourth-order valence-corrected chi connectivity index (χ4v) is 1.92. The average molecular weight is 250 g/mol. The number of hydrogen-bond acceptors (Lipinski definition) is 3. The molecule has 102 valence electrons. The third kappa shape index (κ3) is 6.62. The van der Waals surface area contributed by atoms with Crippen molar-refractivity contribution < 1.29 is 4.74 Å². The van der Waals surface area contributed by atoms with Crippen molar-refractivity contribution in [1.29, 1.82) is 0 Å². The molecule has 0 aliphatic heterocycles. The summed E-state index contributed by atoms with van der Waals surface area (Å²) in [4.78, 5) is 0. The van der Waals surface area contributed by atoms with Crippen LogP contribution in [-0.2, 0) is 0 Å². The molecular weight excluding hydrogens is 224 g/mol. The van der Waals surface area contributed by atoms with Crippen LogP contribution >= 0.6 is 0 Å². The standard InChI is InChI=1S/C15H26N2O/c1-2-3-4-5-7-10-14(17-16)13-18-15-11-8-6-9-12-15/h6,8-9,11-12,14,17H,2-5,7,10,13,16H2,1H3. The monoisotopic (exact) mass is 250 g/mol. The molecule has 0 saturated carbocycles. The fourth-order valence-electron chi connectivity index (χ4n) is 1.92. The van der Waals surface area contributed by atoms with Gasteiger partial charge in [0.1, 0.15) is 12.4 Å². The van der Waals surface area contributed by atoms with Crippen molar-refractivity contribution in [2.45, 2.75) is 51.5 Å². The zero-order valence-electron chi connectivity index (χ0n) is 11.4. The summed E-state index contributed by atoms with van der Waals surface area (Å²) < 4.78 is 5.69. The van der Waals surface area contributed by atoms with Crippen molar-refractivity contribution in [2.24, 2.45) is 5.84 Å². The maximum absolute atomic E-state index is 5.69. The van der Waals surface area contributed by atoms with E-state index >= 15 is 0 Å². The summed E-state index contributed by atoms with van der Waals surface area (Å²) in [5, 5.41) is 0. The Balaban J connectivity index is 2.13. The summed E-state index contributed by atoms with van der Waals surface area (Å²) in [7, 11) is 0. The maximum Gasteiger partial charge on any atom is 0.119 e. The Morgan fingerprint density at radius 3 is 2.50 bits per heavy atom. The zero-order valence-corrected chi connectivity index (χ0v) is 11.4. The van der Waals surface area contributed by atoms with Crippen molar-refractivity contribution in [2.75, 3.05) is 6.61 Å². The molecule has 0 aromatic heterocycles. The average Bonchev–Trinajstić information content (AvgIpc) is 2.43. The van der Waals surface area contributed by atoms with E-state index in [1.165, 1.54) is 32.1 Å². The third-order valence-electron chi connectivity index (χ3n) is 3.09. The minimum Gasteiger partial charge on any atom is -0.492 e. The predicted molar refractivity (Wildman–Crippen MR) is 76.4 cm³/mol. The van der Waals surface area contributed by atoms with Crippen LogP contribution in [0.4, 0.5) is 0 Å². The van der Waals surface area contributed by atoms with Gasteiger partial charge in [-0.1, -0.05) is 57.2 Å². The molecule has 3 N–H and O–H groups in total. The molecular formula is C15H26N2O. The van der Waals surface area contributed by atoms with Crippen LogP contribution in [0.1, 0.15) is 45.4 Å². The van der Waals surface area contributed by atoms with Gasteiger partial charge in [0.2, 0.25) is 0 Å². The van der Waals surface area contributed by atoms with Crippen LogP contribution in [-0.4, -0.2) is 12.6 Å². The van der Waals surface area contributed by atoms with Crippen LogP contribution in [0.15, 0.2) is 30.3 Å². The first-order valence-electron chi connectivity index (χ1n) is 7.00. The minimum absolute atomic E-state index is 0.242. The molecule has 0 spiro atoms. The van der Waals surface area contributed by atoms with Gasteiger partial charge < -0.3 is 4.74 Å². The van der Waals surface area contributed by atoms with Crippen molar-refractivity contribution >= 4 is 0 Å². The summed E-state index contributed by atoms with van der Waals surface area (Å²) >= 11 is 0. The summed E-state index contributed by atoms with van der Waals surface area (Å²) in [6.07, 6.45) is 7.53. The number of hydrogen-bond donors (Lipinski definition) is 2. The SMILES string of the molecule is CCCCCCCC(COc1ccccc1)NN. The van der Waals surface area contributed by atoms with E-state index in [2.05, 4.69) is 12.3 Å². The molecule has 0 aliphatic carbocycles. The molecule has 0 amide bonds. The Labute approximate surface area is 111 Å². The number of benzene rings is 1. The topological polar surface area (TPSA) is 47.3 Å². The van der Waals surface area contributed by atoms with Gasteiger partial charge in [0.05, 0.1) is 6.04 Å². The quantitative estimate of drug-likeness (QED) is 0.381. The Hall–Kier alpha value is -1.06. The summed E-state index contributed by atoms with van der Waals surface area (Å²) in [6, 6.07) is 10.1. The first kappa shape index (κ1) is 15.0. The molecule has 0 heterocycles. The van der Waals surface area contributed by atoms with Crippen molar-refractivity contribution in [3.63, 3.8) is 0 Å². The fraction of sp³-hybridized carbons (Fsp3) is 0.600. The molecule has 3 heteroatoms. The Morgan fingerprint density at radius 1 is 1.11 bits per heavy atom. The lowest BCUT2D eigenvalue weighted by atomic mass is 10.1. The molecule has 0 aliphatic rings. The Morgan fingerprint density at radius 2 is 1.83 bits per heavy atom. The number of rotatable bonds is 10. The van der Waals surface area contributed by atoms with E-state index in [1.807, 2.05) is 30.3 Å². The van der Waals surface area contributed by atoms with Gasteiger partial charge in [-0.05, 0) is 18.6 Å². The highest BCUT2D eigenvalue weighted by molar-refractivity contribution is 5.20. The number of nitrogens with two attached hydrogens (primary N) is 1. The maximum atomic E-state index is 5.69. The molecule has 0 fully saturated rings. The van der Waals surface area contributed by atoms with Crippen LogP contribution in [0.5, 0.6) is 5.75 Å². The van der Waals surface area contributed by atoms with Crippen LogP contribution in [0.25, 0.3) is 0 Å². The van der Waals surface area contributed by atoms with Gasteiger partial charge in [-0.2, -0.15) is 0 Å². The van der Waals surface area contributed by atoms with Crippen LogP contribution in [0.2, 0.25) is 0 Å². The van der Waals surface area contributed by atoms with Gasteiger partial charge >= 0.3 is 0 Å². The molecule has 1 aromatic carbocycles. The van der Waals surface area contributed by atoms with Crippen molar-refractivity contribution in [3.8, 4) is 5.75 Å². The molecule has 0 bridgehead atoms. The van der Waals surface area contributed by atoms with Gasteiger partial charge in [-0.3, -0.25) is 11.3 Å². The highest BCUT2D eigenvalue weighted by atomic mass is 16.5. The van der Waals surface area contributed by atoms with Gasteiger partial charge in [0.25, 0.3) is 0 Å². The first-order chi connectivity index (χ1) is 8.86. The molecule has 1 rings (SSSR count). The van der Waals surface area contributed by atoms with Gasteiger partial charge in [0, 0.05) is 0 Å². The number of hydrazine groups is 1. The van der Waals surface area contributed by atoms with Gasteiger partial charge in [0.15, 0.2) is 0 Å². The highest BCUT2D eigenvalue weighted by Crippen LogP contribution is 2.11. The molecule has 0 radical (unpaired) electrons. The van der Waals surface area contributed by atoms with E-state index in [9.17, 15) is 0 Å². The van der Waals surface area contributed by atoms with Crippen molar-refractivity contribution in [1.82, 2.24) is 5.43 Å². The van der Waals surface area contributed by atoms with Crippen molar-refractivity contribution in [3.05, 3.63) is 30.3 Å². The second kappa shape index (κ2) is 9.92. The third-order valence-corrected chi connectivity index (χ3v) is 3.09. The van der Waals surface area contributed by atoms with Crippen LogP contribution in [0.3, 0.4) is 0 Å². The number of para-hydroxylation sites is 1. The molecule has 1 unspecified atom stereocenters. The summed E-state index contributed by atoms with van der Waals surface area (Å²) in [5.74, 6) is 6.45. The van der Waals surface area contributed by atoms with Crippen LogP contribution < -0.4 is 16.0 Å². The molecule has 3 nitrogen and oxygen atoms in total. The number of nitrogens with one attached hydrogen (secondary N) is 1. The molecule has 18 heavy (non-hydrogen) atoms. The van der Waals surface area contributed by atoms with Crippen LogP contribution in [0, 0.1) is 0 Å². The second-order valence-electron chi connectivity index (χ2n) is 4.69. The Kier molecular flexibility index (Phi) is 8.26. The smallest absolute Gasteiger partial charge is 0.119 e. The first-order valence-corrected chi connectivity index (χ1v) is 7.00. The van der Waals surface area contributed by atoms with E-state index in [0.717, 1.165) is 12.2 Å². The molecule has 1 atom stereocenters. The van der Waals surface area contributed by atoms with Gasteiger partial charge in [-0.25, -0.2) is 0 Å². The normalized spacial score (nSPS) is 12.3. The number of unbranched alkanes of at least 4 members (excludes halogenated alkanes) is 4. The lowest BCUT2D eigenvalue weighted by molar-refractivity contribution is 0.254. The van der Waals surface area contributed by atoms with E-state index in [-0.39, 0.29) is 6.04 Å². The van der Waals surface area contributed by atoms with E-state index in [4.69, 9.17) is 10.6 Å². The Bertz CT molecular complexity index is 290. The summed E-state index contributed by atoms with van der Waals surface area (Å²) in [6.45, 7) is 2.87. The minimum atomic E-state index is 0.242. The number of ether oxygens (including phenoxy) is 1. The lowest BCUT2D eigenvalue weighted by Gasteiger charge is -2.16. The predicted octanol–water partition coefficient (Wildman–Crippen LogP) is 3.26. The summed E-state index contributed by atoms with van der Waals surface area (Å²) in [5.41, 5.74) is 2.84. The second-order valence-corrected chi connectivity index (χ2v) is 4.69. The zero-order chi connectivity index (χ0) is 13.1. The molecule has 0 saturated heterocycles. The van der Waals surface area contributed by atoms with E-state index in [1.54, 1.807) is 0 Å².